The van der Waals surface area contributed by atoms with Crippen molar-refractivity contribution in [2.45, 2.75) is 121 Å². The molecule has 13 heteroatoms. The maximum absolute atomic E-state index is 13.0. The number of hydrogen-bond acceptors (Lipinski definition) is 10. The fourth-order valence-corrected chi connectivity index (χ4v) is 9.94. The van der Waals surface area contributed by atoms with E-state index in [9.17, 15) is 50.1 Å². The van der Waals surface area contributed by atoms with Gasteiger partial charge in [-0.15, -0.1) is 0 Å². The van der Waals surface area contributed by atoms with Crippen LogP contribution in [0.25, 0.3) is 0 Å². The molecule has 44 heavy (non-hydrogen) atoms. The fraction of sp³-hybridized carbons (Fsp3) is 0.839. The second kappa shape index (κ2) is 11.3. The van der Waals surface area contributed by atoms with Gasteiger partial charge >= 0.3 is 11.9 Å². The van der Waals surface area contributed by atoms with Crippen molar-refractivity contribution in [2.75, 3.05) is 6.61 Å². The molecule has 1 saturated heterocycles. The van der Waals surface area contributed by atoms with Crippen LogP contribution in [0, 0.1) is 34.0 Å². The first-order valence-corrected chi connectivity index (χ1v) is 15.6. The fourth-order valence-electron chi connectivity index (χ4n) is 9.94. The van der Waals surface area contributed by atoms with Crippen LogP contribution in [0.2, 0.25) is 0 Å². The van der Waals surface area contributed by atoms with Gasteiger partial charge in [0, 0.05) is 18.3 Å². The Morgan fingerprint density at radius 3 is 2.27 bits per heavy atom. The van der Waals surface area contributed by atoms with Crippen LogP contribution in [0.1, 0.15) is 72.1 Å². The van der Waals surface area contributed by atoms with E-state index < -0.39 is 101 Å². The summed E-state index contributed by atoms with van der Waals surface area (Å²) >= 11 is 0. The zero-order chi connectivity index (χ0) is 32.6. The number of nitrogens with one attached hydrogen (secondary N) is 1. The zero-order valence-electron chi connectivity index (χ0n) is 25.5. The molecule has 0 aromatic rings. The molecule has 0 radical (unpaired) electrons. The predicted octanol–water partition coefficient (Wildman–Crippen LogP) is 0.156. The van der Waals surface area contributed by atoms with Crippen molar-refractivity contribution in [3.05, 3.63) is 12.2 Å². The van der Waals surface area contributed by atoms with Crippen molar-refractivity contribution in [1.29, 1.82) is 0 Å². The van der Waals surface area contributed by atoms with Crippen molar-refractivity contribution in [1.82, 2.24) is 5.32 Å². The van der Waals surface area contributed by atoms with Crippen molar-refractivity contribution in [3.8, 4) is 0 Å². The molecule has 5 rings (SSSR count). The van der Waals surface area contributed by atoms with Crippen LogP contribution in [0.4, 0.5) is 0 Å². The Morgan fingerprint density at radius 2 is 1.68 bits per heavy atom. The van der Waals surface area contributed by atoms with E-state index in [-0.39, 0.29) is 37.5 Å². The van der Waals surface area contributed by atoms with Crippen LogP contribution in [0.3, 0.4) is 0 Å². The molecule has 13 nitrogen and oxygen atoms in total. The van der Waals surface area contributed by atoms with Gasteiger partial charge in [-0.3, -0.25) is 14.4 Å². The molecule has 1 spiro atoms. The molecule has 0 aromatic carbocycles. The monoisotopic (exact) mass is 625 g/mol. The van der Waals surface area contributed by atoms with Gasteiger partial charge < -0.3 is 50.5 Å². The number of aliphatic hydroxyl groups is 5. The van der Waals surface area contributed by atoms with E-state index in [0.29, 0.717) is 24.8 Å². The molecule has 0 unspecified atom stereocenters. The maximum atomic E-state index is 13.0. The van der Waals surface area contributed by atoms with E-state index in [1.165, 1.54) is 0 Å². The van der Waals surface area contributed by atoms with Crippen molar-refractivity contribution in [3.63, 3.8) is 0 Å². The molecule has 4 aliphatic carbocycles. The molecular weight excluding hydrogens is 578 g/mol. The minimum absolute atomic E-state index is 0.0260. The van der Waals surface area contributed by atoms with Crippen LogP contribution in [-0.2, 0) is 23.9 Å². The highest BCUT2D eigenvalue weighted by Gasteiger charge is 2.74. The molecule has 12 atom stereocenters. The van der Waals surface area contributed by atoms with Gasteiger partial charge in [-0.1, -0.05) is 27.4 Å². The van der Waals surface area contributed by atoms with Gasteiger partial charge in [-0.25, -0.2) is 0 Å². The van der Waals surface area contributed by atoms with Gasteiger partial charge in [0.05, 0.1) is 24.4 Å². The molecule has 1 heterocycles. The van der Waals surface area contributed by atoms with E-state index in [2.05, 4.69) is 11.9 Å². The van der Waals surface area contributed by atoms with Crippen molar-refractivity contribution < 1.29 is 59.6 Å². The molecule has 2 bridgehead atoms. The van der Waals surface area contributed by atoms with E-state index in [0.717, 1.165) is 0 Å². The summed E-state index contributed by atoms with van der Waals surface area (Å²) in [4.78, 5) is 38.7. The Bertz CT molecular complexity index is 1180. The molecular formula is C31H47NO12. The van der Waals surface area contributed by atoms with E-state index in [1.54, 1.807) is 0 Å². The Hall–Kier alpha value is -2.13. The van der Waals surface area contributed by atoms with Gasteiger partial charge in [-0.2, -0.15) is 0 Å². The van der Waals surface area contributed by atoms with Crippen LogP contribution in [0.5, 0.6) is 0 Å². The van der Waals surface area contributed by atoms with Gasteiger partial charge in [-0.05, 0) is 67.3 Å². The number of hydrogen-bond donors (Lipinski definition) is 8. The predicted molar refractivity (Wildman–Crippen MR) is 152 cm³/mol. The Labute approximate surface area is 256 Å². The van der Waals surface area contributed by atoms with Crippen molar-refractivity contribution in [2.24, 2.45) is 34.0 Å². The third-order valence-corrected chi connectivity index (χ3v) is 11.8. The molecule has 5 fully saturated rings. The first-order valence-electron chi connectivity index (χ1n) is 15.6. The lowest BCUT2D eigenvalue weighted by Crippen LogP contribution is -2.68. The summed E-state index contributed by atoms with van der Waals surface area (Å²) in [6, 6.07) is -1.30. The number of carbonyl (C=O) groups is 3. The summed E-state index contributed by atoms with van der Waals surface area (Å²) in [7, 11) is 0. The summed E-state index contributed by atoms with van der Waals surface area (Å²) in [5.74, 6) is -4.68. The highest BCUT2D eigenvalue weighted by atomic mass is 16.7. The number of carboxylic acid groups (broad SMARTS) is 2. The minimum Gasteiger partial charge on any atom is -0.480 e. The Balaban J connectivity index is 1.53. The second-order valence-corrected chi connectivity index (χ2v) is 14.7. The number of ether oxygens (including phenoxy) is 2. The number of fused-ring (bicyclic) bond motifs is 3. The third-order valence-electron chi connectivity index (χ3n) is 11.8. The highest BCUT2D eigenvalue weighted by Crippen LogP contribution is 2.73. The first-order chi connectivity index (χ1) is 20.5. The van der Waals surface area contributed by atoms with Gasteiger partial charge in [0.15, 0.2) is 11.7 Å². The number of aliphatic hydroxyl groups excluding tert-OH is 4. The first kappa shape index (κ1) is 33.2. The zero-order valence-corrected chi connectivity index (χ0v) is 25.5. The van der Waals surface area contributed by atoms with Crippen LogP contribution < -0.4 is 5.32 Å². The van der Waals surface area contributed by atoms with Crippen LogP contribution in [0.15, 0.2) is 12.2 Å². The van der Waals surface area contributed by atoms with Crippen LogP contribution >= 0.6 is 0 Å². The summed E-state index contributed by atoms with van der Waals surface area (Å²) < 4.78 is 12.1. The molecule has 1 aliphatic heterocycles. The lowest BCUT2D eigenvalue weighted by Gasteiger charge is -2.64. The van der Waals surface area contributed by atoms with E-state index in [4.69, 9.17) is 9.47 Å². The number of aliphatic carboxylic acids is 2. The number of amides is 1. The topological polar surface area (TPSA) is 223 Å². The Kier molecular flexibility index (Phi) is 8.53. The number of carbonyl (C=O) groups excluding carboxylic acids is 1. The summed E-state index contributed by atoms with van der Waals surface area (Å²) in [5.41, 5.74) is -4.95. The summed E-state index contributed by atoms with van der Waals surface area (Å²) in [6.45, 7) is 8.81. The van der Waals surface area contributed by atoms with Gasteiger partial charge in [0.2, 0.25) is 5.91 Å². The second-order valence-electron chi connectivity index (χ2n) is 14.7. The number of rotatable bonds is 8. The molecule has 0 aromatic heterocycles. The molecule has 8 N–H and O–H groups in total. The third kappa shape index (κ3) is 4.81. The SMILES string of the molecule is C=C1[C@H](O)[C@@]23CC[C@@H]4C(C(=O)O)(C(=O)O)C[C@@H](O[C@@H]5O[C@H](CO)[C@@H](O)[C@H](O)[C@H]5NC(=O)CC(C)C)C[C@@]4(C)[C@@H]2CC[C@]1(O)C3. The average Bonchev–Trinajstić information content (AvgIpc) is 3.07. The molecule has 5 aliphatic rings. The van der Waals surface area contributed by atoms with E-state index >= 15 is 0 Å². The lowest BCUT2D eigenvalue weighted by atomic mass is 9.40. The van der Waals surface area contributed by atoms with Gasteiger partial charge in [0.1, 0.15) is 24.4 Å². The summed E-state index contributed by atoms with van der Waals surface area (Å²) in [5, 5.41) is 77.8. The quantitative estimate of drug-likeness (QED) is 0.103. The lowest BCUT2D eigenvalue weighted by molar-refractivity contribution is -0.298. The maximum Gasteiger partial charge on any atom is 0.321 e. The Morgan fingerprint density at radius 1 is 1.05 bits per heavy atom. The largest absolute Gasteiger partial charge is 0.480 e. The molecule has 1 amide bonds. The van der Waals surface area contributed by atoms with Crippen molar-refractivity contribution >= 4 is 17.8 Å². The average molecular weight is 626 g/mol. The highest BCUT2D eigenvalue weighted by molar-refractivity contribution is 5.99. The standard InChI is InChI=1S/C31H47NO12/c1-14(2)9-20(34)32-21-23(36)22(35)17(12-33)44-25(21)43-16-10-28(4)18-6-8-30(42)13-29(18,24(37)15(30)3)7-5-19(28)31(11-16,26(38)39)27(40)41/h14,16-19,21-25,33,35-37,42H,3,5-13H2,1-2,4H3,(H,32,34)(H,38,39)(H,40,41)/t16-,17+,18-,19-,21+,22+,23+,24-,25+,28-,29+,30-/m0/s1. The van der Waals surface area contributed by atoms with Gasteiger partial charge in [0.25, 0.3) is 0 Å². The smallest absolute Gasteiger partial charge is 0.321 e. The van der Waals surface area contributed by atoms with Crippen LogP contribution in [-0.4, -0.2) is 109 Å². The normalized spacial score (nSPS) is 46.2. The minimum atomic E-state index is -2.26. The summed E-state index contributed by atoms with van der Waals surface area (Å²) in [6.07, 6.45) is -6.62. The molecule has 248 valence electrons. The van der Waals surface area contributed by atoms with E-state index in [1.807, 2.05) is 20.8 Å². The molecule has 4 saturated carbocycles. The number of carboxylic acids is 2.